The molecule has 0 radical (unpaired) electrons. The molecule has 0 saturated carbocycles. The topological polar surface area (TPSA) is 63.7 Å². The maximum atomic E-state index is 13.7. The SMILES string of the molecule is CCCC[C@H](C(=O)OC)N1C(=O)[C@H]2C3c4ccccc4C(c4ccccc43)[C@@H]2C1=O. The Morgan fingerprint density at radius 3 is 1.70 bits per heavy atom. The van der Waals surface area contributed by atoms with Crippen LogP contribution >= 0.6 is 0 Å². The molecule has 2 aromatic carbocycles. The van der Waals surface area contributed by atoms with Crippen molar-refractivity contribution < 1.29 is 19.1 Å². The maximum Gasteiger partial charge on any atom is 0.329 e. The molecule has 0 aromatic heterocycles. The first kappa shape index (κ1) is 19.0. The summed E-state index contributed by atoms with van der Waals surface area (Å²) in [6.45, 7) is 2.02. The predicted octanol–water partition coefficient (Wildman–Crippen LogP) is 3.61. The highest BCUT2D eigenvalue weighted by molar-refractivity contribution is 6.10. The Kier molecular flexibility index (Phi) is 4.49. The summed E-state index contributed by atoms with van der Waals surface area (Å²) >= 11 is 0. The summed E-state index contributed by atoms with van der Waals surface area (Å²) < 4.78 is 4.98. The van der Waals surface area contributed by atoms with Crippen LogP contribution in [0.1, 0.15) is 60.3 Å². The van der Waals surface area contributed by atoms with E-state index in [1.165, 1.54) is 12.0 Å². The van der Waals surface area contributed by atoms with Gasteiger partial charge in [0, 0.05) is 11.8 Å². The number of hydrogen-bond acceptors (Lipinski definition) is 4. The summed E-state index contributed by atoms with van der Waals surface area (Å²) in [6.07, 6.45) is 2.06. The minimum atomic E-state index is -0.842. The maximum absolute atomic E-state index is 13.7. The average Bonchev–Trinajstić information content (AvgIpc) is 3.05. The van der Waals surface area contributed by atoms with Crippen molar-refractivity contribution in [3.8, 4) is 0 Å². The van der Waals surface area contributed by atoms with E-state index in [0.29, 0.717) is 6.42 Å². The van der Waals surface area contributed by atoms with E-state index in [2.05, 4.69) is 24.3 Å². The Morgan fingerprint density at radius 2 is 1.33 bits per heavy atom. The second kappa shape index (κ2) is 7.08. The van der Waals surface area contributed by atoms with Gasteiger partial charge in [-0.1, -0.05) is 68.3 Å². The number of imide groups is 1. The molecule has 6 rings (SSSR count). The highest BCUT2D eigenvalue weighted by Gasteiger charge is 2.63. The number of ether oxygens (including phenoxy) is 1. The van der Waals surface area contributed by atoms with Crippen molar-refractivity contribution in [2.24, 2.45) is 11.8 Å². The number of unbranched alkanes of at least 4 members (excludes halogenated alkanes) is 1. The van der Waals surface area contributed by atoms with Crippen LogP contribution in [0.15, 0.2) is 48.5 Å². The zero-order valence-corrected chi connectivity index (χ0v) is 17.2. The van der Waals surface area contributed by atoms with Gasteiger partial charge in [-0.25, -0.2) is 4.79 Å². The smallest absolute Gasteiger partial charge is 0.329 e. The molecule has 0 spiro atoms. The number of likely N-dealkylation sites (tertiary alicyclic amines) is 1. The van der Waals surface area contributed by atoms with Crippen LogP contribution in [-0.4, -0.2) is 35.8 Å². The van der Waals surface area contributed by atoms with Crippen LogP contribution < -0.4 is 0 Å². The number of hydrogen-bond donors (Lipinski definition) is 0. The highest BCUT2D eigenvalue weighted by atomic mass is 16.5. The Bertz CT molecular complexity index is 929. The zero-order chi connectivity index (χ0) is 21.0. The third-order valence-electron chi connectivity index (χ3n) is 7.10. The van der Waals surface area contributed by atoms with Gasteiger partial charge < -0.3 is 4.74 Å². The van der Waals surface area contributed by atoms with E-state index < -0.39 is 23.8 Å². The fraction of sp³-hybridized carbons (Fsp3) is 0.400. The summed E-state index contributed by atoms with van der Waals surface area (Å²) in [5.41, 5.74) is 4.53. The number of esters is 1. The lowest BCUT2D eigenvalue weighted by Gasteiger charge is -2.45. The molecule has 3 atom stereocenters. The lowest BCUT2D eigenvalue weighted by atomic mass is 9.55. The normalized spacial score (nSPS) is 26.8. The van der Waals surface area contributed by atoms with Gasteiger partial charge in [-0.3, -0.25) is 14.5 Å². The standard InChI is InChI=1S/C25H25NO4/c1-3-4-13-18(25(29)30-2)26-23(27)21-19-14-9-5-6-10-15(14)20(22(21)24(26)28)17-12-8-7-11-16(17)19/h5-12,18-22H,3-4,13H2,1-2H3/t18-,19?,20?,21+,22+/m1/s1. The van der Waals surface area contributed by atoms with Crippen molar-refractivity contribution in [2.75, 3.05) is 7.11 Å². The highest BCUT2D eigenvalue weighted by Crippen LogP contribution is 2.61. The Balaban J connectivity index is 1.64. The van der Waals surface area contributed by atoms with Crippen LogP contribution in [0.3, 0.4) is 0 Å². The van der Waals surface area contributed by atoms with Crippen molar-refractivity contribution in [3.63, 3.8) is 0 Å². The summed E-state index contributed by atoms with van der Waals surface area (Å²) in [5, 5.41) is 0. The molecule has 2 amide bonds. The summed E-state index contributed by atoms with van der Waals surface area (Å²) in [5.74, 6) is -2.18. The molecule has 1 saturated heterocycles. The summed E-state index contributed by atoms with van der Waals surface area (Å²) in [7, 11) is 1.31. The monoisotopic (exact) mass is 403 g/mol. The van der Waals surface area contributed by atoms with Crippen molar-refractivity contribution in [1.82, 2.24) is 4.90 Å². The van der Waals surface area contributed by atoms with Crippen LogP contribution in [0.25, 0.3) is 0 Å². The second-order valence-corrected chi connectivity index (χ2v) is 8.49. The van der Waals surface area contributed by atoms with E-state index in [1.807, 2.05) is 31.2 Å². The number of carbonyl (C=O) groups is 3. The molecular formula is C25H25NO4. The second-order valence-electron chi connectivity index (χ2n) is 8.49. The van der Waals surface area contributed by atoms with Gasteiger partial charge in [0.2, 0.25) is 11.8 Å². The van der Waals surface area contributed by atoms with Gasteiger partial charge in [-0.2, -0.15) is 0 Å². The van der Waals surface area contributed by atoms with Crippen LogP contribution in [-0.2, 0) is 19.1 Å². The van der Waals surface area contributed by atoms with Gasteiger partial charge in [0.1, 0.15) is 6.04 Å². The number of nitrogens with zero attached hydrogens (tertiary/aromatic N) is 1. The van der Waals surface area contributed by atoms with E-state index in [9.17, 15) is 14.4 Å². The Morgan fingerprint density at radius 1 is 0.900 bits per heavy atom. The van der Waals surface area contributed by atoms with Crippen molar-refractivity contribution in [3.05, 3.63) is 70.8 Å². The number of benzene rings is 2. The lowest BCUT2D eigenvalue weighted by Crippen LogP contribution is -2.46. The minimum absolute atomic E-state index is 0.154. The van der Waals surface area contributed by atoms with E-state index >= 15 is 0 Å². The first-order valence-corrected chi connectivity index (χ1v) is 10.7. The Labute approximate surface area is 176 Å². The molecule has 1 fully saturated rings. The molecule has 1 heterocycles. The molecule has 2 aromatic rings. The molecule has 3 aliphatic carbocycles. The first-order valence-electron chi connectivity index (χ1n) is 10.7. The minimum Gasteiger partial charge on any atom is -0.467 e. The van der Waals surface area contributed by atoms with Crippen LogP contribution in [0, 0.1) is 11.8 Å². The van der Waals surface area contributed by atoms with E-state index in [1.54, 1.807) is 0 Å². The van der Waals surface area contributed by atoms with Gasteiger partial charge in [0.25, 0.3) is 0 Å². The van der Waals surface area contributed by atoms with Crippen molar-refractivity contribution >= 4 is 17.8 Å². The Hall–Kier alpha value is -2.95. The quantitative estimate of drug-likeness (QED) is 0.565. The van der Waals surface area contributed by atoms with Crippen molar-refractivity contribution in [1.29, 1.82) is 0 Å². The van der Waals surface area contributed by atoms with Gasteiger partial charge in [-0.05, 0) is 28.7 Å². The molecule has 30 heavy (non-hydrogen) atoms. The number of rotatable bonds is 5. The summed E-state index contributed by atoms with van der Waals surface area (Å²) in [6, 6.07) is 15.4. The first-order chi connectivity index (χ1) is 14.6. The largest absolute Gasteiger partial charge is 0.467 e. The van der Waals surface area contributed by atoms with Gasteiger partial charge >= 0.3 is 5.97 Å². The molecule has 0 N–H and O–H groups in total. The molecular weight excluding hydrogens is 378 g/mol. The lowest BCUT2D eigenvalue weighted by molar-refractivity contribution is -0.157. The fourth-order valence-electron chi connectivity index (χ4n) is 5.89. The third kappa shape index (κ3) is 2.44. The average molecular weight is 403 g/mol. The van der Waals surface area contributed by atoms with Crippen molar-refractivity contribution in [2.45, 2.75) is 44.1 Å². The molecule has 154 valence electrons. The molecule has 5 nitrogen and oxygen atoms in total. The molecule has 0 unspecified atom stereocenters. The third-order valence-corrected chi connectivity index (χ3v) is 7.10. The van der Waals surface area contributed by atoms with E-state index in [4.69, 9.17) is 4.74 Å². The van der Waals surface area contributed by atoms with Crippen LogP contribution in [0.5, 0.6) is 0 Å². The van der Waals surface area contributed by atoms with E-state index in [-0.39, 0.29) is 23.7 Å². The molecule has 2 bridgehead atoms. The molecule has 4 aliphatic rings. The number of carbonyl (C=O) groups excluding carboxylic acids is 3. The van der Waals surface area contributed by atoms with Crippen LogP contribution in [0.4, 0.5) is 0 Å². The predicted molar refractivity (Wildman–Crippen MR) is 111 cm³/mol. The van der Waals surface area contributed by atoms with Crippen LogP contribution in [0.2, 0.25) is 0 Å². The zero-order valence-electron chi connectivity index (χ0n) is 17.2. The number of amides is 2. The van der Waals surface area contributed by atoms with E-state index in [0.717, 1.165) is 35.1 Å². The molecule has 1 aliphatic heterocycles. The van der Waals surface area contributed by atoms with Gasteiger partial charge in [0.15, 0.2) is 0 Å². The fourth-order valence-corrected chi connectivity index (χ4v) is 5.89. The van der Waals surface area contributed by atoms with Gasteiger partial charge in [0.05, 0.1) is 18.9 Å². The summed E-state index contributed by atoms with van der Waals surface area (Å²) in [4.78, 5) is 41.2. The molecule has 5 heteroatoms. The number of methoxy groups -OCH3 is 1. The van der Waals surface area contributed by atoms with Gasteiger partial charge in [-0.15, -0.1) is 0 Å².